The summed E-state index contributed by atoms with van der Waals surface area (Å²) >= 11 is 1.51. The van der Waals surface area contributed by atoms with Crippen molar-refractivity contribution in [1.82, 2.24) is 24.6 Å². The SMILES string of the molecule is O=C(O)c1cncn2c(-c3ccc(Nc4nccs4)cc3)nnc12. The normalized spacial score (nSPS) is 10.8. The van der Waals surface area contributed by atoms with Crippen molar-refractivity contribution >= 4 is 33.8 Å². The van der Waals surface area contributed by atoms with Crippen LogP contribution in [0.15, 0.2) is 48.4 Å². The van der Waals surface area contributed by atoms with Gasteiger partial charge in [0.2, 0.25) is 0 Å². The number of anilines is 2. The van der Waals surface area contributed by atoms with Gasteiger partial charge in [-0.05, 0) is 24.3 Å². The zero-order chi connectivity index (χ0) is 16.5. The van der Waals surface area contributed by atoms with E-state index in [4.69, 9.17) is 0 Å². The summed E-state index contributed by atoms with van der Waals surface area (Å²) in [5, 5.41) is 23.1. The molecule has 4 rings (SSSR count). The largest absolute Gasteiger partial charge is 0.477 e. The highest BCUT2D eigenvalue weighted by Gasteiger charge is 2.15. The van der Waals surface area contributed by atoms with E-state index in [0.29, 0.717) is 5.82 Å². The molecule has 2 N–H and O–H groups in total. The molecule has 1 aromatic carbocycles. The molecule has 0 bridgehead atoms. The van der Waals surface area contributed by atoms with Gasteiger partial charge >= 0.3 is 5.97 Å². The lowest BCUT2D eigenvalue weighted by Crippen LogP contribution is -2.02. The monoisotopic (exact) mass is 338 g/mol. The Bertz CT molecular complexity index is 1010. The van der Waals surface area contributed by atoms with E-state index < -0.39 is 5.97 Å². The number of hydrogen-bond acceptors (Lipinski definition) is 7. The van der Waals surface area contributed by atoms with Crippen molar-refractivity contribution in [3.05, 3.63) is 53.9 Å². The van der Waals surface area contributed by atoms with Crippen molar-refractivity contribution in [3.8, 4) is 11.4 Å². The fourth-order valence-corrected chi connectivity index (χ4v) is 2.82. The Labute approximate surface area is 139 Å². The number of aromatic nitrogens is 5. The van der Waals surface area contributed by atoms with Crippen molar-refractivity contribution in [2.24, 2.45) is 0 Å². The van der Waals surface area contributed by atoms with Crippen molar-refractivity contribution in [1.29, 1.82) is 0 Å². The number of nitrogens with one attached hydrogen (secondary N) is 1. The molecule has 0 aliphatic heterocycles. The summed E-state index contributed by atoms with van der Waals surface area (Å²) in [5.74, 6) is -0.559. The van der Waals surface area contributed by atoms with Crippen LogP contribution in [-0.4, -0.2) is 35.6 Å². The van der Waals surface area contributed by atoms with Crippen LogP contribution in [0.1, 0.15) is 10.4 Å². The van der Waals surface area contributed by atoms with Gasteiger partial charge < -0.3 is 10.4 Å². The third-order valence-electron chi connectivity index (χ3n) is 3.38. The summed E-state index contributed by atoms with van der Waals surface area (Å²) in [4.78, 5) is 19.3. The van der Waals surface area contributed by atoms with Crippen LogP contribution in [0, 0.1) is 0 Å². The molecule has 0 spiro atoms. The average Bonchev–Trinajstić information content (AvgIpc) is 3.24. The van der Waals surface area contributed by atoms with E-state index in [1.165, 1.54) is 23.9 Å². The quantitative estimate of drug-likeness (QED) is 0.589. The second kappa shape index (κ2) is 5.70. The number of carboxylic acids is 1. The van der Waals surface area contributed by atoms with Crippen molar-refractivity contribution < 1.29 is 9.90 Å². The number of thiazole rings is 1. The van der Waals surface area contributed by atoms with Gasteiger partial charge in [-0.2, -0.15) is 0 Å². The van der Waals surface area contributed by atoms with Gasteiger partial charge in [-0.25, -0.2) is 14.8 Å². The first-order valence-corrected chi connectivity index (χ1v) is 7.79. The summed E-state index contributed by atoms with van der Waals surface area (Å²) in [7, 11) is 0. The number of hydrogen-bond donors (Lipinski definition) is 2. The lowest BCUT2D eigenvalue weighted by atomic mass is 10.2. The van der Waals surface area contributed by atoms with Gasteiger partial charge in [0.15, 0.2) is 16.6 Å². The van der Waals surface area contributed by atoms with Crippen LogP contribution < -0.4 is 5.32 Å². The van der Waals surface area contributed by atoms with E-state index in [0.717, 1.165) is 16.4 Å². The molecular weight excluding hydrogens is 328 g/mol. The predicted molar refractivity (Wildman–Crippen MR) is 88.6 cm³/mol. The highest BCUT2D eigenvalue weighted by atomic mass is 32.1. The van der Waals surface area contributed by atoms with Crippen LogP contribution >= 0.6 is 11.3 Å². The molecule has 8 nitrogen and oxygen atoms in total. The maximum atomic E-state index is 11.2. The summed E-state index contributed by atoms with van der Waals surface area (Å²) in [5.41, 5.74) is 1.97. The molecule has 4 aromatic rings. The third kappa shape index (κ3) is 2.46. The van der Waals surface area contributed by atoms with Gasteiger partial charge in [0, 0.05) is 29.0 Å². The molecule has 0 aliphatic carbocycles. The fourth-order valence-electron chi connectivity index (χ4n) is 2.28. The van der Waals surface area contributed by atoms with Crippen LogP contribution in [0.5, 0.6) is 0 Å². The summed E-state index contributed by atoms with van der Waals surface area (Å²) in [6, 6.07) is 7.54. The lowest BCUT2D eigenvalue weighted by Gasteiger charge is -2.04. The maximum absolute atomic E-state index is 11.2. The number of nitrogens with zero attached hydrogens (tertiary/aromatic N) is 5. The molecule has 0 atom stereocenters. The van der Waals surface area contributed by atoms with Crippen molar-refractivity contribution in [2.75, 3.05) is 5.32 Å². The van der Waals surface area contributed by atoms with E-state index in [2.05, 4.69) is 25.5 Å². The summed E-state index contributed by atoms with van der Waals surface area (Å²) < 4.78 is 1.56. The second-order valence-corrected chi connectivity index (χ2v) is 5.76. The molecule has 3 aromatic heterocycles. The number of benzene rings is 1. The first-order valence-electron chi connectivity index (χ1n) is 6.91. The smallest absolute Gasteiger partial charge is 0.341 e. The van der Waals surface area contributed by atoms with E-state index >= 15 is 0 Å². The minimum atomic E-state index is -1.09. The Morgan fingerprint density at radius 2 is 2.04 bits per heavy atom. The van der Waals surface area contributed by atoms with E-state index in [1.54, 1.807) is 10.6 Å². The van der Waals surface area contributed by atoms with Crippen LogP contribution in [-0.2, 0) is 0 Å². The molecule has 0 saturated carbocycles. The molecule has 24 heavy (non-hydrogen) atoms. The zero-order valence-corrected chi connectivity index (χ0v) is 12.9. The molecule has 0 aliphatic rings. The highest BCUT2D eigenvalue weighted by Crippen LogP contribution is 2.24. The number of carboxylic acid groups (broad SMARTS) is 1. The fraction of sp³-hybridized carbons (Fsp3) is 0. The molecule has 0 amide bonds. The van der Waals surface area contributed by atoms with Crippen molar-refractivity contribution in [3.63, 3.8) is 0 Å². The summed E-state index contributed by atoms with van der Waals surface area (Å²) in [6.07, 6.45) is 4.49. The lowest BCUT2D eigenvalue weighted by molar-refractivity contribution is 0.0698. The van der Waals surface area contributed by atoms with E-state index in [1.807, 2.05) is 29.6 Å². The van der Waals surface area contributed by atoms with Crippen LogP contribution in [0.2, 0.25) is 0 Å². The van der Waals surface area contributed by atoms with Gasteiger partial charge in [0.25, 0.3) is 0 Å². The maximum Gasteiger partial charge on any atom is 0.341 e. The zero-order valence-electron chi connectivity index (χ0n) is 12.1. The molecule has 0 unspecified atom stereocenters. The first-order chi connectivity index (χ1) is 11.7. The molecular formula is C15H10N6O2S. The van der Waals surface area contributed by atoms with Gasteiger partial charge in [-0.3, -0.25) is 4.40 Å². The average molecular weight is 338 g/mol. The van der Waals surface area contributed by atoms with Gasteiger partial charge in [-0.15, -0.1) is 21.5 Å². The Balaban J connectivity index is 1.70. The Hall–Kier alpha value is -3.33. The number of rotatable bonds is 4. The topological polar surface area (TPSA) is 105 Å². The standard InChI is InChI=1S/C15H10N6O2S/c22-14(23)11-7-16-8-21-12(19-20-13(11)21)9-1-3-10(4-2-9)18-15-17-5-6-24-15/h1-8H,(H,17,18)(H,22,23). The van der Waals surface area contributed by atoms with Crippen LogP contribution in [0.4, 0.5) is 10.8 Å². The van der Waals surface area contributed by atoms with Crippen LogP contribution in [0.25, 0.3) is 17.0 Å². The molecule has 0 radical (unpaired) electrons. The second-order valence-electron chi connectivity index (χ2n) is 4.87. The Kier molecular flexibility index (Phi) is 3.39. The van der Waals surface area contributed by atoms with E-state index in [-0.39, 0.29) is 11.2 Å². The Morgan fingerprint density at radius 1 is 1.21 bits per heavy atom. The molecule has 9 heteroatoms. The molecule has 0 saturated heterocycles. The number of fused-ring (bicyclic) bond motifs is 1. The third-order valence-corrected chi connectivity index (χ3v) is 4.07. The summed E-state index contributed by atoms with van der Waals surface area (Å²) in [6.45, 7) is 0. The van der Waals surface area contributed by atoms with Crippen molar-refractivity contribution in [2.45, 2.75) is 0 Å². The minimum absolute atomic E-state index is 0.0123. The molecule has 3 heterocycles. The predicted octanol–water partition coefficient (Wildman–Crippen LogP) is 2.69. The van der Waals surface area contributed by atoms with Crippen LogP contribution in [0.3, 0.4) is 0 Å². The van der Waals surface area contributed by atoms with Gasteiger partial charge in [0.1, 0.15) is 11.9 Å². The number of carbonyl (C=O) groups is 1. The molecule has 118 valence electrons. The van der Waals surface area contributed by atoms with Gasteiger partial charge in [-0.1, -0.05) is 0 Å². The number of aromatic carboxylic acids is 1. The highest BCUT2D eigenvalue weighted by molar-refractivity contribution is 7.13. The first kappa shape index (κ1) is 14.3. The minimum Gasteiger partial charge on any atom is -0.477 e. The Morgan fingerprint density at radius 3 is 2.75 bits per heavy atom. The molecule has 0 fully saturated rings. The van der Waals surface area contributed by atoms with E-state index in [9.17, 15) is 9.90 Å². The van der Waals surface area contributed by atoms with Gasteiger partial charge in [0.05, 0.1) is 0 Å².